The maximum Gasteiger partial charge on any atom is 0.159 e. The Balaban J connectivity index is 1.02. The monoisotopic (exact) mass is 820 g/mol. The Morgan fingerprint density at radius 3 is 1.52 bits per heavy atom. The molecule has 0 fully saturated rings. The quantitative estimate of drug-likeness (QED) is 0.152. The van der Waals surface area contributed by atoms with Crippen LogP contribution in [-0.4, -0.2) is 0 Å². The van der Waals surface area contributed by atoms with E-state index in [2.05, 4.69) is 254 Å². The first kappa shape index (κ1) is 37.6. The first-order valence-corrected chi connectivity index (χ1v) is 22.1. The lowest BCUT2D eigenvalue weighted by Crippen LogP contribution is -2.21. The predicted molar refractivity (Wildman–Crippen MR) is 267 cm³/mol. The molecule has 0 saturated carbocycles. The van der Waals surface area contributed by atoms with E-state index in [1.165, 1.54) is 50.2 Å². The average molecular weight is 821 g/mol. The lowest BCUT2D eigenvalue weighted by atomic mass is 9.81. The summed E-state index contributed by atoms with van der Waals surface area (Å²) in [5.74, 6) is 1.68. The molecule has 0 atom stereocenters. The number of para-hydroxylation sites is 3. The molecule has 10 aromatic rings. The van der Waals surface area contributed by atoms with Crippen molar-refractivity contribution >= 4 is 44.9 Å². The van der Waals surface area contributed by atoms with Crippen molar-refractivity contribution in [3.8, 4) is 56.0 Å². The van der Waals surface area contributed by atoms with Crippen LogP contribution in [0.1, 0.15) is 25.0 Å². The highest BCUT2D eigenvalue weighted by Crippen LogP contribution is 2.57. The van der Waals surface area contributed by atoms with Gasteiger partial charge in [0.15, 0.2) is 5.75 Å². The van der Waals surface area contributed by atoms with Gasteiger partial charge in [-0.25, -0.2) is 0 Å². The molecule has 0 aromatic heterocycles. The molecule has 0 radical (unpaired) electrons. The highest BCUT2D eigenvalue weighted by Gasteiger charge is 2.39. The van der Waals surface area contributed by atoms with E-state index in [0.717, 1.165) is 61.8 Å². The van der Waals surface area contributed by atoms with Crippen molar-refractivity contribution in [1.82, 2.24) is 0 Å². The molecule has 304 valence electrons. The molecule has 10 aromatic carbocycles. The van der Waals surface area contributed by atoms with E-state index in [9.17, 15) is 0 Å². The van der Waals surface area contributed by atoms with Gasteiger partial charge in [0.05, 0.1) is 17.1 Å². The molecule has 0 bridgehead atoms. The van der Waals surface area contributed by atoms with Crippen LogP contribution < -0.4 is 14.5 Å². The Morgan fingerprint density at radius 1 is 0.344 bits per heavy atom. The Hall–Kier alpha value is -8.14. The molecule has 0 amide bonds. The van der Waals surface area contributed by atoms with Crippen molar-refractivity contribution in [3.05, 3.63) is 242 Å². The lowest BCUT2D eigenvalue weighted by Gasteiger charge is -2.34. The van der Waals surface area contributed by atoms with Crippen molar-refractivity contribution in [2.45, 2.75) is 19.3 Å². The molecule has 1 heterocycles. The fraction of sp³-hybridized carbons (Fsp3) is 0.0492. The molecule has 0 N–H and O–H groups in total. The average Bonchev–Trinajstić information content (AvgIpc) is 3.60. The van der Waals surface area contributed by atoms with Crippen molar-refractivity contribution < 1.29 is 4.74 Å². The summed E-state index contributed by atoms with van der Waals surface area (Å²) in [7, 11) is 0. The zero-order chi connectivity index (χ0) is 42.8. The summed E-state index contributed by atoms with van der Waals surface area (Å²) in [6.07, 6.45) is 0. The Labute approximate surface area is 374 Å². The van der Waals surface area contributed by atoms with E-state index in [1.54, 1.807) is 0 Å². The summed E-state index contributed by atoms with van der Waals surface area (Å²) in [4.78, 5) is 4.77. The molecular weight excluding hydrogens is 777 g/mol. The summed E-state index contributed by atoms with van der Waals surface area (Å²) in [5, 5.41) is 2.23. The molecule has 3 nitrogen and oxygen atoms in total. The summed E-state index contributed by atoms with van der Waals surface area (Å²) < 4.78 is 7.14. The summed E-state index contributed by atoms with van der Waals surface area (Å²) >= 11 is 0. The summed E-state index contributed by atoms with van der Waals surface area (Å²) in [6.45, 7) is 4.74. The highest BCUT2D eigenvalue weighted by atomic mass is 16.5. The van der Waals surface area contributed by atoms with E-state index in [1.807, 2.05) is 0 Å². The molecule has 2 aliphatic rings. The van der Waals surface area contributed by atoms with Crippen LogP contribution in [0.3, 0.4) is 0 Å². The van der Waals surface area contributed by atoms with Gasteiger partial charge in [-0.05, 0) is 111 Å². The molecule has 0 spiro atoms. The Bertz CT molecular complexity index is 3320. The normalized spacial score (nSPS) is 12.8. The van der Waals surface area contributed by atoms with E-state index >= 15 is 0 Å². The third kappa shape index (κ3) is 6.04. The molecular formula is C61H44N2O. The fourth-order valence-electron chi connectivity index (χ4n) is 10.3. The van der Waals surface area contributed by atoms with Gasteiger partial charge in [0, 0.05) is 38.8 Å². The van der Waals surface area contributed by atoms with Gasteiger partial charge in [0.1, 0.15) is 5.75 Å². The molecule has 1 aliphatic carbocycles. The number of anilines is 6. The highest BCUT2D eigenvalue weighted by molar-refractivity contribution is 6.12. The number of hydrogen-bond donors (Lipinski definition) is 0. The first-order chi connectivity index (χ1) is 31.5. The van der Waals surface area contributed by atoms with Crippen molar-refractivity contribution in [2.24, 2.45) is 0 Å². The van der Waals surface area contributed by atoms with Crippen LogP contribution in [0.5, 0.6) is 11.5 Å². The summed E-state index contributed by atoms with van der Waals surface area (Å²) in [5.41, 5.74) is 18.5. The minimum atomic E-state index is -0.227. The van der Waals surface area contributed by atoms with Crippen LogP contribution in [0.2, 0.25) is 0 Å². The van der Waals surface area contributed by atoms with Gasteiger partial charge in [-0.2, -0.15) is 0 Å². The molecule has 12 rings (SSSR count). The minimum Gasteiger partial charge on any atom is -0.454 e. The standard InChI is InChI=1S/C61H44N2O/c1-61(2)53-28-13-12-23-48(53)50-25-15-29-55(59(50)61)63(47-37-35-44(36-38-47)43-33-31-42(32-34-43)41-17-6-3-7-18-41)54-39-40-57-58-49(24-14-27-52(54)58)51-26-16-30-56(60(51)64-57)62(45-19-8-4-9-20-45)46-21-10-5-11-22-46/h3-40H,1-2H3. The second-order valence-corrected chi connectivity index (χ2v) is 17.3. The second kappa shape index (κ2) is 15.0. The molecule has 64 heavy (non-hydrogen) atoms. The van der Waals surface area contributed by atoms with Crippen LogP contribution in [-0.2, 0) is 5.41 Å². The van der Waals surface area contributed by atoms with E-state index in [4.69, 9.17) is 4.74 Å². The number of rotatable bonds is 8. The number of hydrogen-bond acceptors (Lipinski definition) is 3. The third-order valence-electron chi connectivity index (χ3n) is 13.2. The van der Waals surface area contributed by atoms with Crippen molar-refractivity contribution in [3.63, 3.8) is 0 Å². The van der Waals surface area contributed by atoms with Crippen molar-refractivity contribution in [2.75, 3.05) is 9.80 Å². The van der Waals surface area contributed by atoms with Crippen LogP contribution in [0.25, 0.3) is 55.3 Å². The van der Waals surface area contributed by atoms with Gasteiger partial charge in [0.2, 0.25) is 0 Å². The number of ether oxygens (including phenoxy) is 1. The number of nitrogens with zero attached hydrogens (tertiary/aromatic N) is 2. The van der Waals surface area contributed by atoms with Gasteiger partial charge in [-0.1, -0.05) is 184 Å². The SMILES string of the molecule is CC1(C)c2ccccc2-c2cccc(N(c3ccc(-c4ccc(-c5ccccc5)cc4)cc3)c3ccc4c5c(cccc35)-c3cccc(N(c5ccccc5)c5ccccc5)c3O4)c21. The van der Waals surface area contributed by atoms with E-state index < -0.39 is 0 Å². The van der Waals surface area contributed by atoms with Crippen LogP contribution >= 0.6 is 0 Å². The van der Waals surface area contributed by atoms with Gasteiger partial charge in [0.25, 0.3) is 0 Å². The smallest absolute Gasteiger partial charge is 0.159 e. The van der Waals surface area contributed by atoms with Gasteiger partial charge in [-0.3, -0.25) is 0 Å². The zero-order valence-electron chi connectivity index (χ0n) is 35.7. The maximum atomic E-state index is 7.14. The maximum absolute atomic E-state index is 7.14. The predicted octanol–water partition coefficient (Wildman–Crippen LogP) is 17.2. The minimum absolute atomic E-state index is 0.227. The number of fused-ring (bicyclic) bond motifs is 5. The van der Waals surface area contributed by atoms with E-state index in [0.29, 0.717) is 0 Å². The number of benzene rings is 10. The van der Waals surface area contributed by atoms with E-state index in [-0.39, 0.29) is 5.41 Å². The first-order valence-electron chi connectivity index (χ1n) is 22.1. The molecule has 0 saturated heterocycles. The largest absolute Gasteiger partial charge is 0.454 e. The Morgan fingerprint density at radius 2 is 0.844 bits per heavy atom. The molecule has 3 heteroatoms. The summed E-state index contributed by atoms with van der Waals surface area (Å²) in [6, 6.07) is 83.0. The lowest BCUT2D eigenvalue weighted by molar-refractivity contribution is 0.488. The van der Waals surface area contributed by atoms with Gasteiger partial charge in [-0.15, -0.1) is 0 Å². The van der Waals surface area contributed by atoms with Crippen molar-refractivity contribution in [1.29, 1.82) is 0 Å². The fourth-order valence-corrected chi connectivity index (χ4v) is 10.3. The second-order valence-electron chi connectivity index (χ2n) is 17.3. The Kier molecular flexibility index (Phi) is 8.84. The van der Waals surface area contributed by atoms with Crippen LogP contribution in [0.4, 0.5) is 34.1 Å². The zero-order valence-corrected chi connectivity index (χ0v) is 35.7. The third-order valence-corrected chi connectivity index (χ3v) is 13.2. The molecule has 1 aliphatic heterocycles. The van der Waals surface area contributed by atoms with Gasteiger partial charge >= 0.3 is 0 Å². The van der Waals surface area contributed by atoms with Crippen LogP contribution in [0.15, 0.2) is 231 Å². The van der Waals surface area contributed by atoms with Gasteiger partial charge < -0.3 is 14.5 Å². The van der Waals surface area contributed by atoms with Crippen LogP contribution in [0, 0.1) is 0 Å². The topological polar surface area (TPSA) is 15.7 Å². The molecule has 0 unspecified atom stereocenters.